The van der Waals surface area contributed by atoms with Gasteiger partial charge in [0.1, 0.15) is 11.5 Å². The van der Waals surface area contributed by atoms with Crippen LogP contribution in [0.2, 0.25) is 0 Å². The lowest BCUT2D eigenvalue weighted by molar-refractivity contribution is 0.0660. The monoisotopic (exact) mass is 322 g/mol. The highest BCUT2D eigenvalue weighted by Crippen LogP contribution is 2.13. The zero-order chi connectivity index (χ0) is 15.9. The highest BCUT2D eigenvalue weighted by Gasteiger charge is 2.11. The van der Waals surface area contributed by atoms with Crippen LogP contribution < -0.4 is 4.74 Å². The fourth-order valence-electron chi connectivity index (χ4n) is 1.92. The van der Waals surface area contributed by atoms with E-state index < -0.39 is 16.8 Å². The molecule has 0 aliphatic heterocycles. The van der Waals surface area contributed by atoms with Crippen LogP contribution in [0.5, 0.6) is 5.75 Å². The second kappa shape index (κ2) is 7.79. The topological polar surface area (TPSA) is 76.7 Å². The molecule has 5 nitrogen and oxygen atoms in total. The normalized spacial score (nSPS) is 12.0. The van der Waals surface area contributed by atoms with Crippen molar-refractivity contribution in [2.24, 2.45) is 0 Å². The zero-order valence-electron chi connectivity index (χ0n) is 12.3. The summed E-state index contributed by atoms with van der Waals surface area (Å²) in [6, 6.07) is 10.7. The average Bonchev–Trinajstić information content (AvgIpc) is 2.92. The molecule has 1 aromatic heterocycles. The number of carboxylic acids is 1. The third-order valence-corrected chi connectivity index (χ3v) is 4.30. The van der Waals surface area contributed by atoms with E-state index in [9.17, 15) is 9.00 Å². The molecule has 118 valence electrons. The van der Waals surface area contributed by atoms with Gasteiger partial charge in [0.25, 0.3) is 0 Å². The summed E-state index contributed by atoms with van der Waals surface area (Å²) < 4.78 is 22.6. The molecule has 1 heterocycles. The predicted molar refractivity (Wildman–Crippen MR) is 83.7 cm³/mol. The van der Waals surface area contributed by atoms with Crippen molar-refractivity contribution in [3.63, 3.8) is 0 Å². The van der Waals surface area contributed by atoms with Crippen molar-refractivity contribution in [2.45, 2.75) is 19.1 Å². The number of carboxylic acid groups (broad SMARTS) is 1. The van der Waals surface area contributed by atoms with E-state index >= 15 is 0 Å². The van der Waals surface area contributed by atoms with E-state index in [0.717, 1.165) is 11.3 Å². The standard InChI is InChI=1S/C16H18O5S/c1-12-4-2-5-13(10-12)20-8-3-9-22(19)11-14-6-7-15(21-14)16(17)18/h2,4-7,10H,3,8-9,11H2,1H3,(H,17,18). The highest BCUT2D eigenvalue weighted by atomic mass is 32.2. The number of hydrogen-bond acceptors (Lipinski definition) is 4. The third-order valence-electron chi connectivity index (χ3n) is 2.95. The summed E-state index contributed by atoms with van der Waals surface area (Å²) in [4.78, 5) is 10.7. The minimum atomic E-state index is -1.12. The van der Waals surface area contributed by atoms with Gasteiger partial charge in [-0.25, -0.2) is 4.79 Å². The Balaban J connectivity index is 1.70. The summed E-state index contributed by atoms with van der Waals surface area (Å²) in [6.07, 6.45) is 0.660. The molecule has 0 amide bonds. The lowest BCUT2D eigenvalue weighted by atomic mass is 10.2. The molecule has 6 heteroatoms. The van der Waals surface area contributed by atoms with E-state index in [2.05, 4.69) is 0 Å². The van der Waals surface area contributed by atoms with Crippen LogP contribution in [0, 0.1) is 6.92 Å². The fraction of sp³-hybridized carbons (Fsp3) is 0.312. The molecule has 1 aromatic carbocycles. The van der Waals surface area contributed by atoms with Gasteiger partial charge in [-0.3, -0.25) is 4.21 Å². The van der Waals surface area contributed by atoms with E-state index in [1.807, 2.05) is 31.2 Å². The molecule has 0 bridgehead atoms. The Labute approximate surface area is 131 Å². The number of hydrogen-bond donors (Lipinski definition) is 1. The first-order chi connectivity index (χ1) is 10.5. The van der Waals surface area contributed by atoms with E-state index in [-0.39, 0.29) is 11.5 Å². The molecule has 0 aliphatic carbocycles. The number of carbonyl (C=O) groups is 1. The number of benzene rings is 1. The van der Waals surface area contributed by atoms with Crippen LogP contribution in [0.3, 0.4) is 0 Å². The molecular formula is C16H18O5S. The van der Waals surface area contributed by atoms with Gasteiger partial charge in [0.05, 0.1) is 12.4 Å². The molecule has 0 fully saturated rings. The van der Waals surface area contributed by atoms with Gasteiger partial charge in [0, 0.05) is 16.6 Å². The van der Waals surface area contributed by atoms with Gasteiger partial charge >= 0.3 is 5.97 Å². The number of aromatic carboxylic acids is 1. The minimum Gasteiger partial charge on any atom is -0.494 e. The Morgan fingerprint density at radius 1 is 1.32 bits per heavy atom. The van der Waals surface area contributed by atoms with Crippen LogP contribution in [-0.4, -0.2) is 27.6 Å². The molecule has 0 aliphatic rings. The summed E-state index contributed by atoms with van der Waals surface area (Å²) in [5.41, 5.74) is 1.13. The van der Waals surface area contributed by atoms with Crippen LogP contribution >= 0.6 is 0 Å². The summed E-state index contributed by atoms with van der Waals surface area (Å²) in [7, 11) is -1.10. The van der Waals surface area contributed by atoms with Crippen LogP contribution in [-0.2, 0) is 16.6 Å². The molecule has 2 aromatic rings. The predicted octanol–water partition coefficient (Wildman–Crippen LogP) is 3.00. The molecule has 0 saturated carbocycles. The molecule has 1 atom stereocenters. The molecule has 2 rings (SSSR count). The van der Waals surface area contributed by atoms with E-state index in [4.69, 9.17) is 14.3 Å². The quantitative estimate of drug-likeness (QED) is 0.756. The smallest absolute Gasteiger partial charge is 0.371 e. The molecule has 22 heavy (non-hydrogen) atoms. The van der Waals surface area contributed by atoms with Gasteiger partial charge in [-0.05, 0) is 43.2 Å². The van der Waals surface area contributed by atoms with Crippen LogP contribution in [0.1, 0.15) is 28.3 Å². The van der Waals surface area contributed by atoms with Crippen molar-refractivity contribution >= 4 is 16.8 Å². The molecule has 0 saturated heterocycles. The van der Waals surface area contributed by atoms with Gasteiger partial charge in [-0.15, -0.1) is 0 Å². The van der Waals surface area contributed by atoms with Gasteiger partial charge in [0.15, 0.2) is 0 Å². The summed E-state index contributed by atoms with van der Waals surface area (Å²) in [5.74, 6) is 0.684. The first-order valence-corrected chi connectivity index (χ1v) is 8.40. The Hall–Kier alpha value is -2.08. The van der Waals surface area contributed by atoms with Crippen LogP contribution in [0.15, 0.2) is 40.8 Å². The number of furan rings is 1. The van der Waals surface area contributed by atoms with Crippen molar-refractivity contribution in [3.05, 3.63) is 53.5 Å². The Kier molecular flexibility index (Phi) is 5.77. The summed E-state index contributed by atoms with van der Waals surface area (Å²) >= 11 is 0. The second-order valence-electron chi connectivity index (χ2n) is 4.88. The van der Waals surface area contributed by atoms with Gasteiger partial charge in [0.2, 0.25) is 5.76 Å². The van der Waals surface area contributed by atoms with Crippen molar-refractivity contribution < 1.29 is 23.3 Å². The van der Waals surface area contributed by atoms with Crippen molar-refractivity contribution in [1.29, 1.82) is 0 Å². The maximum atomic E-state index is 11.9. The van der Waals surface area contributed by atoms with Crippen molar-refractivity contribution in [3.8, 4) is 5.75 Å². The third kappa shape index (κ3) is 5.04. The number of ether oxygens (including phenoxy) is 1. The van der Waals surface area contributed by atoms with Crippen molar-refractivity contribution in [1.82, 2.24) is 0 Å². The maximum Gasteiger partial charge on any atom is 0.371 e. The fourth-order valence-corrected chi connectivity index (χ4v) is 2.97. The molecule has 0 spiro atoms. The van der Waals surface area contributed by atoms with Gasteiger partial charge < -0.3 is 14.3 Å². The first kappa shape index (κ1) is 16.3. The highest BCUT2D eigenvalue weighted by molar-refractivity contribution is 7.84. The van der Waals surface area contributed by atoms with E-state index in [1.165, 1.54) is 6.07 Å². The number of rotatable bonds is 8. The Bertz CT molecular complexity index is 662. The Morgan fingerprint density at radius 2 is 2.14 bits per heavy atom. The van der Waals surface area contributed by atoms with Crippen LogP contribution in [0.4, 0.5) is 0 Å². The summed E-state index contributed by atoms with van der Waals surface area (Å²) in [6.45, 7) is 2.49. The molecule has 1 N–H and O–H groups in total. The molecular weight excluding hydrogens is 304 g/mol. The first-order valence-electron chi connectivity index (χ1n) is 6.91. The average molecular weight is 322 g/mol. The number of aryl methyl sites for hydroxylation is 1. The molecule has 0 radical (unpaired) electrons. The minimum absolute atomic E-state index is 0.130. The maximum absolute atomic E-state index is 11.9. The lowest BCUT2D eigenvalue weighted by Gasteiger charge is -2.06. The van der Waals surface area contributed by atoms with Crippen LogP contribution in [0.25, 0.3) is 0 Å². The van der Waals surface area contributed by atoms with Gasteiger partial charge in [-0.1, -0.05) is 12.1 Å². The SMILES string of the molecule is Cc1cccc(OCCCS(=O)Cc2ccc(C(=O)O)o2)c1. The Morgan fingerprint density at radius 3 is 2.82 bits per heavy atom. The van der Waals surface area contributed by atoms with Crippen molar-refractivity contribution in [2.75, 3.05) is 12.4 Å². The summed E-state index contributed by atoms with van der Waals surface area (Å²) in [5, 5.41) is 8.75. The zero-order valence-corrected chi connectivity index (χ0v) is 13.1. The second-order valence-corrected chi connectivity index (χ2v) is 6.45. The van der Waals surface area contributed by atoms with E-state index in [0.29, 0.717) is 24.5 Å². The van der Waals surface area contributed by atoms with Gasteiger partial charge in [-0.2, -0.15) is 0 Å². The molecule has 1 unspecified atom stereocenters. The largest absolute Gasteiger partial charge is 0.494 e. The van der Waals surface area contributed by atoms with E-state index in [1.54, 1.807) is 6.07 Å². The lowest BCUT2D eigenvalue weighted by Crippen LogP contribution is -2.06.